The number of fused-ring (bicyclic) bond motifs is 6. The fraction of sp³-hybridized carbons (Fsp3) is 0.114. The van der Waals surface area contributed by atoms with Crippen LogP contribution in [0, 0.1) is 5.92 Å². The Morgan fingerprint density at radius 3 is 2.74 bits per heavy atom. The van der Waals surface area contributed by atoms with Crippen molar-refractivity contribution in [2.75, 3.05) is 0 Å². The zero-order valence-corrected chi connectivity index (χ0v) is 21.2. The summed E-state index contributed by atoms with van der Waals surface area (Å²) in [6, 6.07) is 26.2. The summed E-state index contributed by atoms with van der Waals surface area (Å²) >= 11 is 0. The molecule has 3 heteroatoms. The Kier molecular flexibility index (Phi) is 5.36. The summed E-state index contributed by atoms with van der Waals surface area (Å²) in [4.78, 5) is 4.64. The third-order valence-electron chi connectivity index (χ3n) is 8.03. The smallest absolute Gasteiger partial charge is 0.0898 e. The van der Waals surface area contributed by atoms with Crippen LogP contribution in [0.4, 0.5) is 0 Å². The van der Waals surface area contributed by atoms with Crippen LogP contribution in [0.2, 0.25) is 0 Å². The molecule has 0 aliphatic heterocycles. The van der Waals surface area contributed by atoms with Gasteiger partial charge in [-0.15, -0.1) is 0 Å². The molecule has 3 aromatic carbocycles. The van der Waals surface area contributed by atoms with Crippen LogP contribution in [0.25, 0.3) is 33.9 Å². The fourth-order valence-electron chi connectivity index (χ4n) is 6.33. The van der Waals surface area contributed by atoms with Gasteiger partial charge >= 0.3 is 0 Å². The number of rotatable bonds is 4. The molecule has 2 N–H and O–H groups in total. The van der Waals surface area contributed by atoms with E-state index < -0.39 is 0 Å². The highest BCUT2D eigenvalue weighted by atomic mass is 15.0. The molecule has 2 atom stereocenters. The fourth-order valence-corrected chi connectivity index (χ4v) is 6.33. The Hall–Kier alpha value is -4.63. The summed E-state index contributed by atoms with van der Waals surface area (Å²) in [5, 5.41) is 1.32. The van der Waals surface area contributed by atoms with Gasteiger partial charge in [0.15, 0.2) is 0 Å². The van der Waals surface area contributed by atoms with E-state index in [9.17, 15) is 0 Å². The zero-order valence-electron chi connectivity index (χ0n) is 21.2. The van der Waals surface area contributed by atoms with Crippen LogP contribution in [0.1, 0.15) is 40.3 Å². The summed E-state index contributed by atoms with van der Waals surface area (Å²) in [6.45, 7) is 3.78. The monoisotopic (exact) mass is 491 g/mol. The van der Waals surface area contributed by atoms with Gasteiger partial charge in [-0.05, 0) is 47.7 Å². The van der Waals surface area contributed by atoms with Crippen molar-refractivity contribution in [1.29, 1.82) is 0 Å². The minimum atomic E-state index is 0.0843. The third kappa shape index (κ3) is 3.47. The number of allylic oxidation sites excluding steroid dienone is 6. The maximum Gasteiger partial charge on any atom is 0.0898 e. The molecular formula is C35H29N3. The number of benzene rings is 3. The minimum absolute atomic E-state index is 0.0843. The second-order valence-corrected chi connectivity index (χ2v) is 10.1. The van der Waals surface area contributed by atoms with Crippen molar-refractivity contribution in [3.05, 3.63) is 143 Å². The number of hydrogen-bond donors (Lipinski definition) is 1. The number of hydrogen-bond acceptors (Lipinski definition) is 2. The van der Waals surface area contributed by atoms with E-state index in [2.05, 4.69) is 119 Å². The van der Waals surface area contributed by atoms with Crippen LogP contribution < -0.4 is 5.73 Å². The molecule has 0 radical (unpaired) electrons. The molecule has 1 unspecified atom stereocenters. The molecule has 0 spiro atoms. The second kappa shape index (κ2) is 9.04. The van der Waals surface area contributed by atoms with E-state index in [0.29, 0.717) is 0 Å². The van der Waals surface area contributed by atoms with Crippen molar-refractivity contribution in [3.63, 3.8) is 0 Å². The third-order valence-corrected chi connectivity index (χ3v) is 8.03. The lowest BCUT2D eigenvalue weighted by Crippen LogP contribution is -2.25. The Morgan fingerprint density at radius 1 is 0.947 bits per heavy atom. The summed E-state index contributed by atoms with van der Waals surface area (Å²) < 4.78 is 2.45. The van der Waals surface area contributed by atoms with Crippen LogP contribution >= 0.6 is 0 Å². The molecule has 3 nitrogen and oxygen atoms in total. The van der Waals surface area contributed by atoms with Crippen LogP contribution in [0.5, 0.6) is 0 Å². The molecule has 7 rings (SSSR count). The van der Waals surface area contributed by atoms with Crippen molar-refractivity contribution >= 4 is 34.5 Å². The first-order valence-electron chi connectivity index (χ1n) is 13.3. The highest BCUT2D eigenvalue weighted by molar-refractivity contribution is 5.93. The Morgan fingerprint density at radius 2 is 1.82 bits per heavy atom. The maximum atomic E-state index is 6.72. The van der Waals surface area contributed by atoms with Crippen molar-refractivity contribution in [2.24, 2.45) is 16.6 Å². The maximum absolute atomic E-state index is 6.72. The van der Waals surface area contributed by atoms with E-state index in [1.807, 2.05) is 0 Å². The molecule has 1 aromatic heterocycles. The lowest BCUT2D eigenvalue weighted by Gasteiger charge is -2.34. The number of nitrogens with two attached hydrogens (primary N) is 1. The first kappa shape index (κ1) is 22.6. The van der Waals surface area contributed by atoms with Gasteiger partial charge < -0.3 is 10.3 Å². The largest absolute Gasteiger partial charge is 0.400 e. The molecule has 0 saturated heterocycles. The molecule has 4 aromatic rings. The number of aliphatic imine (C=N–C) groups is 1. The van der Waals surface area contributed by atoms with Crippen LogP contribution in [0.15, 0.2) is 120 Å². The summed E-state index contributed by atoms with van der Waals surface area (Å²) in [6.07, 6.45) is 17.0. The summed E-state index contributed by atoms with van der Waals surface area (Å²) in [7, 11) is 0. The molecule has 3 aliphatic rings. The predicted molar refractivity (Wildman–Crippen MR) is 160 cm³/mol. The van der Waals surface area contributed by atoms with Crippen molar-refractivity contribution in [2.45, 2.75) is 18.8 Å². The molecule has 1 heterocycles. The predicted octanol–water partition coefficient (Wildman–Crippen LogP) is 7.84. The van der Waals surface area contributed by atoms with Gasteiger partial charge in [-0.25, -0.2) is 0 Å². The normalized spacial score (nSPS) is 19.8. The Labute approximate surface area is 223 Å². The van der Waals surface area contributed by atoms with Gasteiger partial charge in [0.05, 0.1) is 11.2 Å². The standard InChI is InChI=1S/C35H29N3/c1-2-20-37-35-30-15-4-3-12-26(30)31-22-24(18-19-29(31)34(35)36)23-10-9-11-25(21-23)38-32-16-7-5-13-27(32)28-14-6-8-17-33(28)38/h2-7,9-16,18-22,29,31H,1,8,17,36H2/t29-,31?/m1/s1. The Balaban J connectivity index is 1.33. The highest BCUT2D eigenvalue weighted by Crippen LogP contribution is 2.46. The molecule has 3 aliphatic carbocycles. The van der Waals surface area contributed by atoms with Gasteiger partial charge in [0.25, 0.3) is 0 Å². The first-order chi connectivity index (χ1) is 18.7. The van der Waals surface area contributed by atoms with Crippen molar-refractivity contribution < 1.29 is 0 Å². The molecule has 0 amide bonds. The molecular weight excluding hydrogens is 462 g/mol. The average molecular weight is 492 g/mol. The topological polar surface area (TPSA) is 43.3 Å². The van der Waals surface area contributed by atoms with Gasteiger partial charge in [0, 0.05) is 51.6 Å². The van der Waals surface area contributed by atoms with E-state index in [4.69, 9.17) is 5.73 Å². The van der Waals surface area contributed by atoms with Crippen molar-refractivity contribution in [3.8, 4) is 5.69 Å². The average Bonchev–Trinajstić information content (AvgIpc) is 3.31. The second-order valence-electron chi connectivity index (χ2n) is 10.1. The first-order valence-corrected chi connectivity index (χ1v) is 13.3. The minimum Gasteiger partial charge on any atom is -0.400 e. The van der Waals surface area contributed by atoms with Gasteiger partial charge in [-0.1, -0.05) is 97.6 Å². The molecule has 0 saturated carbocycles. The van der Waals surface area contributed by atoms with Crippen molar-refractivity contribution in [1.82, 2.24) is 4.57 Å². The number of aromatic nitrogens is 1. The molecule has 0 bridgehead atoms. The zero-order chi connectivity index (χ0) is 25.6. The Bertz CT molecular complexity index is 1760. The SMILES string of the molecule is C=CC=NC1=C(N)[C@@H]2C=CC(c3cccc(-n4c5c(c6ccccc64)C=CCC5)c3)=CC2c2ccccc21. The molecule has 38 heavy (non-hydrogen) atoms. The van der Waals surface area contributed by atoms with E-state index >= 15 is 0 Å². The molecule has 184 valence electrons. The van der Waals surface area contributed by atoms with Gasteiger partial charge in [-0.2, -0.15) is 0 Å². The lowest BCUT2D eigenvalue weighted by molar-refractivity contribution is 0.644. The van der Waals surface area contributed by atoms with Gasteiger partial charge in [0.2, 0.25) is 0 Å². The lowest BCUT2D eigenvalue weighted by atomic mass is 9.72. The number of nitrogens with zero attached hydrogens (tertiary/aromatic N) is 2. The van der Waals surface area contributed by atoms with E-state index in [1.165, 1.54) is 44.5 Å². The molecule has 0 fully saturated rings. The van der Waals surface area contributed by atoms with Crippen LogP contribution in [-0.2, 0) is 6.42 Å². The van der Waals surface area contributed by atoms with E-state index in [1.54, 1.807) is 12.3 Å². The van der Waals surface area contributed by atoms with Gasteiger partial charge in [-0.3, -0.25) is 4.99 Å². The van der Waals surface area contributed by atoms with E-state index in [-0.39, 0.29) is 11.8 Å². The summed E-state index contributed by atoms with van der Waals surface area (Å²) in [5.41, 5.74) is 18.4. The van der Waals surface area contributed by atoms with Gasteiger partial charge in [0.1, 0.15) is 0 Å². The summed E-state index contributed by atoms with van der Waals surface area (Å²) in [5.74, 6) is 0.254. The number of para-hydroxylation sites is 1. The van der Waals surface area contributed by atoms with E-state index in [0.717, 1.165) is 29.8 Å². The highest BCUT2D eigenvalue weighted by Gasteiger charge is 2.33. The van der Waals surface area contributed by atoms with Crippen LogP contribution in [0.3, 0.4) is 0 Å². The quantitative estimate of drug-likeness (QED) is 0.290. The van der Waals surface area contributed by atoms with Crippen LogP contribution in [-0.4, -0.2) is 10.8 Å².